The third-order valence-electron chi connectivity index (χ3n) is 3.21. The summed E-state index contributed by atoms with van der Waals surface area (Å²) in [7, 11) is 0. The first-order valence-electron chi connectivity index (χ1n) is 6.48. The minimum atomic E-state index is -0.0675. The van der Waals surface area contributed by atoms with Crippen LogP contribution in [0.3, 0.4) is 0 Å². The van der Waals surface area contributed by atoms with Crippen LogP contribution in [0.2, 0.25) is 0 Å². The van der Waals surface area contributed by atoms with E-state index < -0.39 is 0 Å². The Kier molecular flexibility index (Phi) is 3.98. The molecule has 0 fully saturated rings. The van der Waals surface area contributed by atoms with Crippen molar-refractivity contribution >= 4 is 5.84 Å². The Balaban J connectivity index is 2.43. The first-order valence-corrected chi connectivity index (χ1v) is 6.48. The SMILES string of the molecule is CCc1cccc(Oc2nnc(C)c(C)c2C(=N)N)c1. The molecule has 0 aliphatic heterocycles. The standard InChI is InChI=1S/C15H18N4O/c1-4-11-6-5-7-12(8-11)20-15-13(14(16)17)9(2)10(3)18-19-15/h5-8H,4H2,1-3H3,(H3,16,17). The second kappa shape index (κ2) is 5.69. The molecule has 5 nitrogen and oxygen atoms in total. The predicted octanol–water partition coefficient (Wildman–Crippen LogP) is 2.73. The number of hydrogen-bond acceptors (Lipinski definition) is 4. The minimum absolute atomic E-state index is 0.0675. The van der Waals surface area contributed by atoms with Gasteiger partial charge >= 0.3 is 0 Å². The van der Waals surface area contributed by atoms with Crippen LogP contribution in [0.15, 0.2) is 24.3 Å². The summed E-state index contributed by atoms with van der Waals surface area (Å²) < 4.78 is 5.75. The summed E-state index contributed by atoms with van der Waals surface area (Å²) in [5.41, 5.74) is 8.85. The zero-order chi connectivity index (χ0) is 14.7. The van der Waals surface area contributed by atoms with Crippen LogP contribution in [0.4, 0.5) is 0 Å². The molecule has 1 aromatic heterocycles. The van der Waals surface area contributed by atoms with Crippen LogP contribution in [0.5, 0.6) is 11.6 Å². The largest absolute Gasteiger partial charge is 0.437 e. The first-order chi connectivity index (χ1) is 9.52. The minimum Gasteiger partial charge on any atom is -0.437 e. The van der Waals surface area contributed by atoms with Crippen LogP contribution in [0, 0.1) is 19.3 Å². The van der Waals surface area contributed by atoms with Gasteiger partial charge in [0, 0.05) is 0 Å². The van der Waals surface area contributed by atoms with E-state index >= 15 is 0 Å². The van der Waals surface area contributed by atoms with E-state index in [1.165, 1.54) is 5.56 Å². The lowest BCUT2D eigenvalue weighted by molar-refractivity contribution is 0.452. The van der Waals surface area contributed by atoms with Gasteiger partial charge in [-0.15, -0.1) is 5.10 Å². The maximum atomic E-state index is 7.69. The highest BCUT2D eigenvalue weighted by Crippen LogP contribution is 2.26. The van der Waals surface area contributed by atoms with Gasteiger partial charge in [0.15, 0.2) is 0 Å². The molecule has 104 valence electrons. The van der Waals surface area contributed by atoms with Gasteiger partial charge in [0.1, 0.15) is 11.6 Å². The summed E-state index contributed by atoms with van der Waals surface area (Å²) in [6.07, 6.45) is 0.926. The number of nitrogens with zero attached hydrogens (tertiary/aromatic N) is 2. The van der Waals surface area contributed by atoms with Crippen molar-refractivity contribution in [3.05, 3.63) is 46.6 Å². The highest BCUT2D eigenvalue weighted by atomic mass is 16.5. The zero-order valence-corrected chi connectivity index (χ0v) is 11.9. The van der Waals surface area contributed by atoms with E-state index in [9.17, 15) is 0 Å². The number of hydrogen-bond donors (Lipinski definition) is 2. The monoisotopic (exact) mass is 270 g/mol. The fraction of sp³-hybridized carbons (Fsp3) is 0.267. The van der Waals surface area contributed by atoms with E-state index in [-0.39, 0.29) is 11.7 Å². The van der Waals surface area contributed by atoms with Gasteiger partial charge in [-0.1, -0.05) is 19.1 Å². The number of aromatic nitrogens is 2. The molecule has 20 heavy (non-hydrogen) atoms. The molecule has 0 radical (unpaired) electrons. The van der Waals surface area contributed by atoms with Crippen LogP contribution in [-0.2, 0) is 6.42 Å². The fourth-order valence-corrected chi connectivity index (χ4v) is 1.92. The van der Waals surface area contributed by atoms with Crippen molar-refractivity contribution in [2.75, 3.05) is 0 Å². The molecule has 3 N–H and O–H groups in total. The topological polar surface area (TPSA) is 84.9 Å². The van der Waals surface area contributed by atoms with Crippen LogP contribution >= 0.6 is 0 Å². The van der Waals surface area contributed by atoms with Crippen LogP contribution in [0.25, 0.3) is 0 Å². The van der Waals surface area contributed by atoms with Gasteiger partial charge in [0.25, 0.3) is 0 Å². The summed E-state index contributed by atoms with van der Waals surface area (Å²) in [5.74, 6) is 0.875. The van der Waals surface area contributed by atoms with Crippen molar-refractivity contribution in [1.29, 1.82) is 5.41 Å². The summed E-state index contributed by atoms with van der Waals surface area (Å²) in [4.78, 5) is 0. The Bertz CT molecular complexity index is 652. The van der Waals surface area contributed by atoms with Gasteiger partial charge in [-0.05, 0) is 43.5 Å². The maximum Gasteiger partial charge on any atom is 0.250 e. The highest BCUT2D eigenvalue weighted by molar-refractivity contribution is 5.98. The lowest BCUT2D eigenvalue weighted by atomic mass is 10.1. The van der Waals surface area contributed by atoms with Crippen molar-refractivity contribution in [1.82, 2.24) is 10.2 Å². The van der Waals surface area contributed by atoms with Gasteiger partial charge in [0.05, 0.1) is 11.3 Å². The fourth-order valence-electron chi connectivity index (χ4n) is 1.92. The van der Waals surface area contributed by atoms with E-state index in [0.717, 1.165) is 17.7 Å². The molecular formula is C15H18N4O. The normalized spacial score (nSPS) is 10.3. The van der Waals surface area contributed by atoms with E-state index in [2.05, 4.69) is 17.1 Å². The highest BCUT2D eigenvalue weighted by Gasteiger charge is 2.15. The van der Waals surface area contributed by atoms with E-state index in [4.69, 9.17) is 15.9 Å². The van der Waals surface area contributed by atoms with Crippen molar-refractivity contribution in [2.24, 2.45) is 5.73 Å². The molecule has 2 aromatic rings. The van der Waals surface area contributed by atoms with E-state index in [1.54, 1.807) is 0 Å². The Morgan fingerprint density at radius 1 is 1.30 bits per heavy atom. The third kappa shape index (κ3) is 2.77. The molecule has 0 spiro atoms. The maximum absolute atomic E-state index is 7.69. The van der Waals surface area contributed by atoms with Crippen molar-refractivity contribution in [3.63, 3.8) is 0 Å². The number of aryl methyl sites for hydroxylation is 2. The predicted molar refractivity (Wildman–Crippen MR) is 78.4 cm³/mol. The molecule has 2 rings (SSSR count). The molecule has 0 unspecified atom stereocenters. The second-order valence-electron chi connectivity index (χ2n) is 4.61. The van der Waals surface area contributed by atoms with E-state index in [0.29, 0.717) is 11.3 Å². The molecule has 0 saturated carbocycles. The lowest BCUT2D eigenvalue weighted by Crippen LogP contribution is -2.16. The van der Waals surface area contributed by atoms with Crippen LogP contribution in [-0.4, -0.2) is 16.0 Å². The molecular weight excluding hydrogens is 252 g/mol. The number of benzene rings is 1. The van der Waals surface area contributed by atoms with Gasteiger partial charge in [-0.25, -0.2) is 0 Å². The number of nitrogens with two attached hydrogens (primary N) is 1. The number of ether oxygens (including phenoxy) is 1. The molecule has 5 heteroatoms. The average Bonchev–Trinajstić information content (AvgIpc) is 2.43. The smallest absolute Gasteiger partial charge is 0.250 e. The summed E-state index contributed by atoms with van der Waals surface area (Å²) >= 11 is 0. The number of nitrogen functional groups attached to an aromatic ring is 1. The molecule has 0 bridgehead atoms. The Hall–Kier alpha value is -2.43. The first kappa shape index (κ1) is 14.0. The number of nitrogens with one attached hydrogen (secondary N) is 1. The van der Waals surface area contributed by atoms with Crippen molar-refractivity contribution in [2.45, 2.75) is 27.2 Å². The Labute approximate surface area is 118 Å². The summed E-state index contributed by atoms with van der Waals surface area (Å²) in [6.45, 7) is 5.77. The quantitative estimate of drug-likeness (QED) is 0.660. The van der Waals surface area contributed by atoms with Crippen molar-refractivity contribution < 1.29 is 4.74 Å². The number of amidine groups is 1. The third-order valence-corrected chi connectivity index (χ3v) is 3.21. The molecule has 0 aliphatic rings. The molecule has 0 amide bonds. The van der Waals surface area contributed by atoms with Crippen LogP contribution in [0.1, 0.15) is 29.3 Å². The zero-order valence-electron chi connectivity index (χ0n) is 11.9. The van der Waals surface area contributed by atoms with Gasteiger partial charge < -0.3 is 10.5 Å². The summed E-state index contributed by atoms with van der Waals surface area (Å²) in [5, 5.41) is 15.7. The molecule has 0 aliphatic carbocycles. The molecule has 1 heterocycles. The molecule has 0 atom stereocenters. The lowest BCUT2D eigenvalue weighted by Gasteiger charge is -2.12. The number of rotatable bonds is 4. The van der Waals surface area contributed by atoms with E-state index in [1.807, 2.05) is 38.1 Å². The average molecular weight is 270 g/mol. The molecule has 0 saturated heterocycles. The molecule has 1 aromatic carbocycles. The Morgan fingerprint density at radius 2 is 2.05 bits per heavy atom. The van der Waals surface area contributed by atoms with Crippen molar-refractivity contribution in [3.8, 4) is 11.6 Å². The van der Waals surface area contributed by atoms with Gasteiger partial charge in [-0.3, -0.25) is 5.41 Å². The van der Waals surface area contributed by atoms with Gasteiger partial charge in [0.2, 0.25) is 5.88 Å². The summed E-state index contributed by atoms with van der Waals surface area (Å²) in [6, 6.07) is 7.75. The van der Waals surface area contributed by atoms with Gasteiger partial charge in [-0.2, -0.15) is 5.10 Å². The Morgan fingerprint density at radius 3 is 2.70 bits per heavy atom. The second-order valence-corrected chi connectivity index (χ2v) is 4.61. The van der Waals surface area contributed by atoms with Crippen LogP contribution < -0.4 is 10.5 Å².